The van der Waals surface area contributed by atoms with E-state index in [4.69, 9.17) is 14.2 Å². The molecule has 17 heavy (non-hydrogen) atoms. The van der Waals surface area contributed by atoms with Crippen molar-refractivity contribution in [3.8, 4) is 17.2 Å². The quantitative estimate of drug-likeness (QED) is 0.872. The molecule has 1 atom stereocenters. The molecule has 1 N–H and O–H groups in total. The molecule has 0 fully saturated rings. The second kappa shape index (κ2) is 4.84. The maximum atomic E-state index is 5.50. The summed E-state index contributed by atoms with van der Waals surface area (Å²) in [6.07, 6.45) is 0.983. The van der Waals surface area contributed by atoms with Crippen LogP contribution >= 0.6 is 0 Å². The number of ether oxygens (including phenoxy) is 3. The van der Waals surface area contributed by atoms with Gasteiger partial charge in [0.25, 0.3) is 0 Å². The van der Waals surface area contributed by atoms with Crippen LogP contribution in [0.4, 0.5) is 0 Å². The van der Waals surface area contributed by atoms with Crippen molar-refractivity contribution >= 4 is 0 Å². The maximum Gasteiger partial charge on any atom is 0.203 e. The second-order valence-corrected chi connectivity index (χ2v) is 4.14. The number of hydrogen-bond acceptors (Lipinski definition) is 4. The van der Waals surface area contributed by atoms with Crippen molar-refractivity contribution in [2.24, 2.45) is 0 Å². The van der Waals surface area contributed by atoms with Gasteiger partial charge in [-0.2, -0.15) is 0 Å². The van der Waals surface area contributed by atoms with E-state index in [1.165, 1.54) is 11.1 Å². The van der Waals surface area contributed by atoms with E-state index in [1.807, 2.05) is 6.07 Å². The maximum absolute atomic E-state index is 5.50. The van der Waals surface area contributed by atoms with Gasteiger partial charge in [-0.25, -0.2) is 0 Å². The van der Waals surface area contributed by atoms with Crippen LogP contribution in [0.25, 0.3) is 0 Å². The topological polar surface area (TPSA) is 39.7 Å². The lowest BCUT2D eigenvalue weighted by Gasteiger charge is -2.28. The first-order valence-corrected chi connectivity index (χ1v) is 5.78. The Hall–Kier alpha value is -1.42. The monoisotopic (exact) mass is 237 g/mol. The molecule has 0 saturated carbocycles. The minimum Gasteiger partial charge on any atom is -0.493 e. The smallest absolute Gasteiger partial charge is 0.203 e. The third-order valence-electron chi connectivity index (χ3n) is 3.23. The fraction of sp³-hybridized carbons (Fsp3) is 0.538. The first-order valence-electron chi connectivity index (χ1n) is 5.78. The number of methoxy groups -OCH3 is 3. The normalized spacial score (nSPS) is 18.5. The van der Waals surface area contributed by atoms with Gasteiger partial charge < -0.3 is 19.5 Å². The van der Waals surface area contributed by atoms with Gasteiger partial charge in [0, 0.05) is 11.6 Å². The summed E-state index contributed by atoms with van der Waals surface area (Å²) in [4.78, 5) is 0. The van der Waals surface area contributed by atoms with Gasteiger partial charge >= 0.3 is 0 Å². The third kappa shape index (κ3) is 1.93. The van der Waals surface area contributed by atoms with Gasteiger partial charge in [-0.15, -0.1) is 0 Å². The summed E-state index contributed by atoms with van der Waals surface area (Å²) >= 11 is 0. The van der Waals surface area contributed by atoms with Gasteiger partial charge in [-0.05, 0) is 31.5 Å². The predicted molar refractivity (Wildman–Crippen MR) is 66.2 cm³/mol. The molecule has 4 heteroatoms. The van der Waals surface area contributed by atoms with Crippen LogP contribution in [0.15, 0.2) is 6.07 Å². The van der Waals surface area contributed by atoms with Crippen molar-refractivity contribution in [1.82, 2.24) is 5.32 Å². The molecule has 2 rings (SSSR count). The summed E-state index contributed by atoms with van der Waals surface area (Å²) in [5.74, 6) is 2.18. The van der Waals surface area contributed by atoms with Crippen LogP contribution < -0.4 is 19.5 Å². The van der Waals surface area contributed by atoms with Crippen molar-refractivity contribution in [1.29, 1.82) is 0 Å². The number of rotatable bonds is 3. The van der Waals surface area contributed by atoms with Gasteiger partial charge in [-0.3, -0.25) is 0 Å². The van der Waals surface area contributed by atoms with Crippen LogP contribution in [0.2, 0.25) is 0 Å². The average molecular weight is 237 g/mol. The molecule has 0 amide bonds. The second-order valence-electron chi connectivity index (χ2n) is 4.14. The van der Waals surface area contributed by atoms with Crippen LogP contribution in [-0.2, 0) is 6.42 Å². The highest BCUT2D eigenvalue weighted by Gasteiger charge is 2.26. The Morgan fingerprint density at radius 1 is 1.12 bits per heavy atom. The van der Waals surface area contributed by atoms with Crippen LogP contribution in [-0.4, -0.2) is 27.9 Å². The van der Waals surface area contributed by atoms with E-state index in [0.717, 1.165) is 24.5 Å². The lowest BCUT2D eigenvalue weighted by atomic mass is 9.93. The lowest BCUT2D eigenvalue weighted by molar-refractivity contribution is 0.317. The fourth-order valence-electron chi connectivity index (χ4n) is 2.44. The van der Waals surface area contributed by atoms with E-state index >= 15 is 0 Å². The molecular weight excluding hydrogens is 218 g/mol. The molecule has 4 nitrogen and oxygen atoms in total. The third-order valence-corrected chi connectivity index (χ3v) is 3.23. The molecule has 0 saturated heterocycles. The summed E-state index contributed by atoms with van der Waals surface area (Å²) < 4.78 is 16.3. The molecular formula is C13H19NO3. The average Bonchev–Trinajstić information content (AvgIpc) is 2.36. The molecule has 1 heterocycles. The van der Waals surface area contributed by atoms with Crippen molar-refractivity contribution in [3.63, 3.8) is 0 Å². The summed E-state index contributed by atoms with van der Waals surface area (Å²) in [6, 6.07) is 2.32. The Morgan fingerprint density at radius 2 is 1.82 bits per heavy atom. The number of hydrogen-bond donors (Lipinski definition) is 1. The van der Waals surface area contributed by atoms with Crippen LogP contribution in [0, 0.1) is 0 Å². The Balaban J connectivity index is 2.65. The first kappa shape index (κ1) is 12.0. The van der Waals surface area contributed by atoms with E-state index in [2.05, 4.69) is 12.2 Å². The van der Waals surface area contributed by atoms with E-state index in [9.17, 15) is 0 Å². The highest BCUT2D eigenvalue weighted by molar-refractivity contribution is 5.60. The van der Waals surface area contributed by atoms with Crippen LogP contribution in [0.1, 0.15) is 24.1 Å². The summed E-state index contributed by atoms with van der Waals surface area (Å²) in [7, 11) is 4.95. The van der Waals surface area contributed by atoms with Crippen molar-refractivity contribution in [2.45, 2.75) is 19.4 Å². The van der Waals surface area contributed by atoms with Crippen molar-refractivity contribution < 1.29 is 14.2 Å². The number of nitrogens with one attached hydrogen (secondary N) is 1. The molecule has 0 aliphatic carbocycles. The molecule has 0 unspecified atom stereocenters. The zero-order valence-electron chi connectivity index (χ0n) is 10.8. The minimum absolute atomic E-state index is 0.272. The summed E-state index contributed by atoms with van der Waals surface area (Å²) in [5.41, 5.74) is 2.45. The van der Waals surface area contributed by atoms with Gasteiger partial charge in [0.15, 0.2) is 11.5 Å². The molecule has 1 aliphatic heterocycles. The molecule has 0 spiro atoms. The Kier molecular flexibility index (Phi) is 3.43. The van der Waals surface area contributed by atoms with Crippen LogP contribution in [0.5, 0.6) is 17.2 Å². The molecule has 1 aliphatic rings. The van der Waals surface area contributed by atoms with Gasteiger partial charge in [0.1, 0.15) is 0 Å². The first-order chi connectivity index (χ1) is 8.22. The fourth-order valence-corrected chi connectivity index (χ4v) is 2.44. The van der Waals surface area contributed by atoms with Crippen molar-refractivity contribution in [2.75, 3.05) is 27.9 Å². The Labute approximate surface area is 102 Å². The Morgan fingerprint density at radius 3 is 2.41 bits per heavy atom. The molecule has 0 aromatic heterocycles. The SMILES string of the molecule is COc1cc2c(c(OC)c1OC)[C@H](C)NCC2. The van der Waals surface area contributed by atoms with E-state index < -0.39 is 0 Å². The molecule has 0 bridgehead atoms. The Bertz CT molecular complexity index is 418. The van der Waals surface area contributed by atoms with E-state index in [-0.39, 0.29) is 6.04 Å². The molecule has 1 aromatic carbocycles. The zero-order valence-corrected chi connectivity index (χ0v) is 10.8. The zero-order chi connectivity index (χ0) is 12.4. The van der Waals surface area contributed by atoms with Gasteiger partial charge in [0.05, 0.1) is 21.3 Å². The minimum atomic E-state index is 0.272. The lowest BCUT2D eigenvalue weighted by Crippen LogP contribution is -2.28. The van der Waals surface area contributed by atoms with Crippen LogP contribution in [0.3, 0.4) is 0 Å². The summed E-state index contributed by atoms with van der Waals surface area (Å²) in [5, 5.41) is 3.43. The van der Waals surface area contributed by atoms with E-state index in [0.29, 0.717) is 5.75 Å². The van der Waals surface area contributed by atoms with Gasteiger partial charge in [0.2, 0.25) is 5.75 Å². The molecule has 1 aromatic rings. The van der Waals surface area contributed by atoms with Crippen molar-refractivity contribution in [3.05, 3.63) is 17.2 Å². The predicted octanol–water partition coefficient (Wildman–Crippen LogP) is 1.92. The highest BCUT2D eigenvalue weighted by atomic mass is 16.5. The summed E-state index contributed by atoms with van der Waals surface area (Å²) in [6.45, 7) is 3.11. The number of fused-ring (bicyclic) bond motifs is 1. The highest BCUT2D eigenvalue weighted by Crippen LogP contribution is 2.45. The molecule has 94 valence electrons. The molecule has 0 radical (unpaired) electrons. The number of benzene rings is 1. The standard InChI is InChI=1S/C13H19NO3/c1-8-11-9(5-6-14-8)7-10(15-2)12(16-3)13(11)17-4/h7-8,14H,5-6H2,1-4H3/t8-/m0/s1. The largest absolute Gasteiger partial charge is 0.493 e. The van der Waals surface area contributed by atoms with E-state index in [1.54, 1.807) is 21.3 Å². The van der Waals surface area contributed by atoms with Gasteiger partial charge in [-0.1, -0.05) is 0 Å².